The van der Waals surface area contributed by atoms with Crippen LogP contribution in [0.4, 0.5) is 0 Å². The van der Waals surface area contributed by atoms with E-state index < -0.39 is 0 Å². The maximum atomic E-state index is 5.70. The summed E-state index contributed by atoms with van der Waals surface area (Å²) < 4.78 is 5.70. The van der Waals surface area contributed by atoms with Gasteiger partial charge in [-0.05, 0) is 50.4 Å². The minimum absolute atomic E-state index is 0.292. The van der Waals surface area contributed by atoms with Crippen LogP contribution in [0.2, 0.25) is 0 Å². The molecule has 0 bridgehead atoms. The fraction of sp³-hybridized carbons (Fsp3) is 0.538. The first kappa shape index (κ1) is 12.1. The van der Waals surface area contributed by atoms with Crippen LogP contribution >= 0.6 is 0 Å². The van der Waals surface area contributed by atoms with Crippen LogP contribution in [-0.4, -0.2) is 12.6 Å². The van der Waals surface area contributed by atoms with Crippen molar-refractivity contribution in [2.45, 2.75) is 39.2 Å². The molecule has 1 atom stereocenters. The second-order valence-electron chi connectivity index (χ2n) is 3.87. The van der Waals surface area contributed by atoms with Gasteiger partial charge in [0.15, 0.2) is 0 Å². The second kappa shape index (κ2) is 6.46. The lowest BCUT2D eigenvalue weighted by Gasteiger charge is -2.12. The Bertz CT molecular complexity index is 268. The van der Waals surface area contributed by atoms with Gasteiger partial charge in [-0.15, -0.1) is 0 Å². The highest BCUT2D eigenvalue weighted by Gasteiger charge is 2.00. The van der Waals surface area contributed by atoms with Gasteiger partial charge in [0, 0.05) is 0 Å². The molecule has 2 N–H and O–H groups in total. The molecule has 2 nitrogen and oxygen atoms in total. The van der Waals surface area contributed by atoms with Crippen molar-refractivity contribution in [1.29, 1.82) is 0 Å². The smallest absolute Gasteiger partial charge is 0.119 e. The average Bonchev–Trinajstić information content (AvgIpc) is 2.28. The molecule has 0 radical (unpaired) electrons. The van der Waals surface area contributed by atoms with Gasteiger partial charge in [0.25, 0.3) is 0 Å². The summed E-state index contributed by atoms with van der Waals surface area (Å²) in [7, 11) is 0. The number of rotatable bonds is 6. The lowest BCUT2D eigenvalue weighted by Crippen LogP contribution is -2.09. The number of nitrogens with two attached hydrogens (primary N) is 1. The lowest BCUT2D eigenvalue weighted by atomic mass is 10.1. The van der Waals surface area contributed by atoms with Crippen molar-refractivity contribution in [1.82, 2.24) is 0 Å². The van der Waals surface area contributed by atoms with Crippen LogP contribution in [0.1, 0.15) is 32.3 Å². The van der Waals surface area contributed by atoms with Gasteiger partial charge < -0.3 is 10.5 Å². The van der Waals surface area contributed by atoms with E-state index in [1.54, 1.807) is 0 Å². The van der Waals surface area contributed by atoms with Gasteiger partial charge in [-0.3, -0.25) is 0 Å². The Morgan fingerprint density at radius 3 is 2.47 bits per heavy atom. The summed E-state index contributed by atoms with van der Waals surface area (Å²) >= 11 is 0. The lowest BCUT2D eigenvalue weighted by molar-refractivity contribution is 0.217. The Kier molecular flexibility index (Phi) is 5.19. The molecular formula is C13H21NO. The Morgan fingerprint density at radius 1 is 1.27 bits per heavy atom. The maximum absolute atomic E-state index is 5.70. The molecule has 84 valence electrons. The zero-order valence-electron chi connectivity index (χ0n) is 9.70. The summed E-state index contributed by atoms with van der Waals surface area (Å²) in [5, 5.41) is 0. The first-order valence-corrected chi connectivity index (χ1v) is 5.72. The van der Waals surface area contributed by atoms with Gasteiger partial charge in [0.1, 0.15) is 5.75 Å². The standard InChI is InChI=1S/C13H21NO/c1-3-11(2)15-13-8-6-12(7-9-13)5-4-10-14/h6-9,11H,3-5,10,14H2,1-2H3/t11-/m1/s1. The molecule has 0 fully saturated rings. The molecule has 1 rings (SSSR count). The summed E-state index contributed by atoms with van der Waals surface area (Å²) in [6.07, 6.45) is 3.43. The van der Waals surface area contributed by atoms with E-state index >= 15 is 0 Å². The normalized spacial score (nSPS) is 12.5. The Labute approximate surface area is 92.4 Å². The molecular weight excluding hydrogens is 186 g/mol. The van der Waals surface area contributed by atoms with E-state index in [0.29, 0.717) is 6.10 Å². The quantitative estimate of drug-likeness (QED) is 0.778. The topological polar surface area (TPSA) is 35.2 Å². The van der Waals surface area contributed by atoms with Crippen LogP contribution in [0.5, 0.6) is 5.75 Å². The number of benzene rings is 1. The van der Waals surface area contributed by atoms with Crippen LogP contribution in [0, 0.1) is 0 Å². The SMILES string of the molecule is CC[C@@H](C)Oc1ccc(CCCN)cc1. The monoisotopic (exact) mass is 207 g/mol. The van der Waals surface area contributed by atoms with E-state index in [0.717, 1.165) is 31.6 Å². The molecule has 1 aromatic carbocycles. The van der Waals surface area contributed by atoms with E-state index in [1.807, 2.05) is 12.1 Å². The third-order valence-corrected chi connectivity index (χ3v) is 2.51. The largest absolute Gasteiger partial charge is 0.491 e. The van der Waals surface area contributed by atoms with Crippen LogP contribution < -0.4 is 10.5 Å². The summed E-state index contributed by atoms with van der Waals surface area (Å²) in [5.41, 5.74) is 6.80. The van der Waals surface area contributed by atoms with Crippen LogP contribution in [0.3, 0.4) is 0 Å². The van der Waals surface area contributed by atoms with Crippen molar-refractivity contribution in [2.24, 2.45) is 5.73 Å². The molecule has 0 spiro atoms. The van der Waals surface area contributed by atoms with E-state index in [-0.39, 0.29) is 0 Å². The zero-order valence-corrected chi connectivity index (χ0v) is 9.70. The predicted octanol–water partition coefficient (Wildman–Crippen LogP) is 2.76. The first-order chi connectivity index (χ1) is 7.26. The fourth-order valence-electron chi connectivity index (χ4n) is 1.36. The number of hydrogen-bond donors (Lipinski definition) is 1. The predicted molar refractivity (Wildman–Crippen MR) is 64.2 cm³/mol. The van der Waals surface area contributed by atoms with E-state index in [9.17, 15) is 0 Å². The molecule has 0 aliphatic carbocycles. The van der Waals surface area contributed by atoms with Crippen molar-refractivity contribution in [3.05, 3.63) is 29.8 Å². The average molecular weight is 207 g/mol. The van der Waals surface area contributed by atoms with Crippen molar-refractivity contribution < 1.29 is 4.74 Å². The molecule has 0 aliphatic rings. The van der Waals surface area contributed by atoms with E-state index in [1.165, 1.54) is 5.56 Å². The third kappa shape index (κ3) is 4.34. The molecule has 0 aromatic heterocycles. The highest BCUT2D eigenvalue weighted by atomic mass is 16.5. The van der Waals surface area contributed by atoms with Gasteiger partial charge in [-0.1, -0.05) is 19.1 Å². The summed E-state index contributed by atoms with van der Waals surface area (Å²) in [6.45, 7) is 4.97. The van der Waals surface area contributed by atoms with Gasteiger partial charge in [0.05, 0.1) is 6.10 Å². The molecule has 0 saturated heterocycles. The highest BCUT2D eigenvalue weighted by Crippen LogP contribution is 2.15. The van der Waals surface area contributed by atoms with E-state index in [4.69, 9.17) is 10.5 Å². The van der Waals surface area contributed by atoms with Gasteiger partial charge >= 0.3 is 0 Å². The molecule has 0 unspecified atom stereocenters. The third-order valence-electron chi connectivity index (χ3n) is 2.51. The van der Waals surface area contributed by atoms with Crippen molar-refractivity contribution in [2.75, 3.05) is 6.54 Å². The van der Waals surface area contributed by atoms with Crippen molar-refractivity contribution in [3.8, 4) is 5.75 Å². The minimum atomic E-state index is 0.292. The molecule has 15 heavy (non-hydrogen) atoms. The Balaban J connectivity index is 2.48. The van der Waals surface area contributed by atoms with E-state index in [2.05, 4.69) is 26.0 Å². The van der Waals surface area contributed by atoms with Crippen LogP contribution in [0.15, 0.2) is 24.3 Å². The Morgan fingerprint density at radius 2 is 1.93 bits per heavy atom. The van der Waals surface area contributed by atoms with Crippen molar-refractivity contribution in [3.63, 3.8) is 0 Å². The molecule has 0 heterocycles. The number of ether oxygens (including phenoxy) is 1. The second-order valence-corrected chi connectivity index (χ2v) is 3.87. The summed E-state index contributed by atoms with van der Waals surface area (Å²) in [6, 6.07) is 8.32. The maximum Gasteiger partial charge on any atom is 0.119 e. The van der Waals surface area contributed by atoms with Gasteiger partial charge in [0.2, 0.25) is 0 Å². The molecule has 1 aromatic rings. The van der Waals surface area contributed by atoms with Crippen LogP contribution in [-0.2, 0) is 6.42 Å². The van der Waals surface area contributed by atoms with Gasteiger partial charge in [-0.2, -0.15) is 0 Å². The Hall–Kier alpha value is -1.02. The highest BCUT2D eigenvalue weighted by molar-refractivity contribution is 5.27. The fourth-order valence-corrected chi connectivity index (χ4v) is 1.36. The zero-order chi connectivity index (χ0) is 11.1. The molecule has 0 saturated carbocycles. The van der Waals surface area contributed by atoms with Crippen molar-refractivity contribution >= 4 is 0 Å². The molecule has 0 aliphatic heterocycles. The minimum Gasteiger partial charge on any atom is -0.491 e. The summed E-state index contributed by atoms with van der Waals surface area (Å²) in [4.78, 5) is 0. The first-order valence-electron chi connectivity index (χ1n) is 5.72. The summed E-state index contributed by atoms with van der Waals surface area (Å²) in [5.74, 6) is 0.959. The molecule has 2 heteroatoms. The van der Waals surface area contributed by atoms with Crippen LogP contribution in [0.25, 0.3) is 0 Å². The van der Waals surface area contributed by atoms with Gasteiger partial charge in [-0.25, -0.2) is 0 Å². The number of aryl methyl sites for hydroxylation is 1. The number of hydrogen-bond acceptors (Lipinski definition) is 2. The molecule has 0 amide bonds.